The fourth-order valence-electron chi connectivity index (χ4n) is 1.40. The smallest absolute Gasteiger partial charge is 0.384 e. The van der Waals surface area contributed by atoms with Crippen LogP contribution >= 0.6 is 0 Å². The first-order valence-electron chi connectivity index (χ1n) is 4.59. The molecule has 2 rings (SSSR count). The molecule has 0 atom stereocenters. The van der Waals surface area contributed by atoms with Crippen LogP contribution in [0.3, 0.4) is 0 Å². The summed E-state index contributed by atoms with van der Waals surface area (Å²) in [6, 6.07) is 1.58. The Labute approximate surface area is 88.9 Å². The quantitative estimate of drug-likeness (QED) is 0.858. The van der Waals surface area contributed by atoms with Crippen molar-refractivity contribution in [3.63, 3.8) is 0 Å². The molecular formula is C9H9F3N4. The van der Waals surface area contributed by atoms with E-state index in [2.05, 4.69) is 10.1 Å². The topological polar surface area (TPSA) is 56.7 Å². The van der Waals surface area contributed by atoms with Crippen LogP contribution in [0.15, 0.2) is 18.5 Å². The van der Waals surface area contributed by atoms with Crippen molar-refractivity contribution < 1.29 is 13.2 Å². The Bertz CT molecular complexity index is 503. The zero-order valence-corrected chi connectivity index (χ0v) is 8.20. The lowest BCUT2D eigenvalue weighted by atomic mass is 10.3. The van der Waals surface area contributed by atoms with Gasteiger partial charge in [-0.15, -0.1) is 0 Å². The number of nitrogen functional groups attached to an aromatic ring is 1. The zero-order chi connectivity index (χ0) is 11.8. The summed E-state index contributed by atoms with van der Waals surface area (Å²) in [6.07, 6.45) is -2.19. The third kappa shape index (κ3) is 2.23. The summed E-state index contributed by atoms with van der Waals surface area (Å²) in [4.78, 5) is 3.82. The van der Waals surface area contributed by atoms with Crippen LogP contribution in [-0.2, 0) is 6.54 Å². The van der Waals surface area contributed by atoms with Crippen molar-refractivity contribution in [2.45, 2.75) is 19.1 Å². The van der Waals surface area contributed by atoms with Crippen LogP contribution < -0.4 is 5.73 Å². The molecule has 0 aliphatic rings. The van der Waals surface area contributed by atoms with Gasteiger partial charge in [0.25, 0.3) is 0 Å². The standard InChI is InChI=1S/C9H9F3N4/c10-9(11,12)1-2-16-7-5-14-8(13)3-6(7)4-15-16/h3-5H,1-2H2,(H2,13,14). The van der Waals surface area contributed by atoms with Crippen LogP contribution in [-0.4, -0.2) is 20.9 Å². The maximum Gasteiger partial charge on any atom is 0.390 e. The summed E-state index contributed by atoms with van der Waals surface area (Å²) >= 11 is 0. The maximum absolute atomic E-state index is 12.0. The molecule has 2 aromatic heterocycles. The van der Waals surface area contributed by atoms with E-state index < -0.39 is 12.6 Å². The molecule has 0 saturated carbocycles. The van der Waals surface area contributed by atoms with E-state index in [0.29, 0.717) is 16.7 Å². The number of anilines is 1. The SMILES string of the molecule is Nc1cc2cnn(CCC(F)(F)F)c2cn1. The van der Waals surface area contributed by atoms with Gasteiger partial charge in [-0.2, -0.15) is 18.3 Å². The highest BCUT2D eigenvalue weighted by Crippen LogP contribution is 2.22. The number of halogens is 3. The molecule has 0 spiro atoms. The maximum atomic E-state index is 12.0. The van der Waals surface area contributed by atoms with Crippen molar-refractivity contribution in [1.29, 1.82) is 0 Å². The molecule has 7 heteroatoms. The number of rotatable bonds is 2. The van der Waals surface area contributed by atoms with Gasteiger partial charge in [0.15, 0.2) is 0 Å². The highest BCUT2D eigenvalue weighted by atomic mass is 19.4. The molecule has 0 fully saturated rings. The molecule has 2 N–H and O–H groups in total. The molecule has 2 heterocycles. The zero-order valence-electron chi connectivity index (χ0n) is 8.20. The minimum atomic E-state index is -4.18. The van der Waals surface area contributed by atoms with Crippen molar-refractivity contribution in [1.82, 2.24) is 14.8 Å². The van der Waals surface area contributed by atoms with E-state index in [4.69, 9.17) is 5.73 Å². The summed E-state index contributed by atoms with van der Waals surface area (Å²) < 4.78 is 37.4. The van der Waals surface area contributed by atoms with Crippen LogP contribution in [0.25, 0.3) is 10.9 Å². The molecule has 0 aliphatic carbocycles. The van der Waals surface area contributed by atoms with E-state index in [9.17, 15) is 13.2 Å². The third-order valence-corrected chi connectivity index (χ3v) is 2.16. The molecule has 0 radical (unpaired) electrons. The first kappa shape index (κ1) is 10.7. The Morgan fingerprint density at radius 3 is 2.75 bits per heavy atom. The second-order valence-electron chi connectivity index (χ2n) is 3.40. The number of pyridine rings is 1. The molecule has 0 amide bonds. The van der Waals surface area contributed by atoms with Crippen molar-refractivity contribution in [2.24, 2.45) is 0 Å². The predicted molar refractivity (Wildman–Crippen MR) is 52.6 cm³/mol. The van der Waals surface area contributed by atoms with Crippen LogP contribution in [0.1, 0.15) is 6.42 Å². The molecule has 0 saturated heterocycles. The molecule has 0 bridgehead atoms. The number of hydrogen-bond donors (Lipinski definition) is 1. The molecular weight excluding hydrogens is 221 g/mol. The summed E-state index contributed by atoms with van der Waals surface area (Å²) in [7, 11) is 0. The minimum Gasteiger partial charge on any atom is -0.384 e. The second-order valence-corrected chi connectivity index (χ2v) is 3.40. The summed E-state index contributed by atoms with van der Waals surface area (Å²) in [5.41, 5.74) is 6.00. The van der Waals surface area contributed by atoms with Crippen LogP contribution in [0.2, 0.25) is 0 Å². The lowest BCUT2D eigenvalue weighted by Gasteiger charge is -2.06. The Hall–Kier alpha value is -1.79. The number of nitrogens with two attached hydrogens (primary N) is 1. The van der Waals surface area contributed by atoms with Gasteiger partial charge in [0.05, 0.1) is 30.9 Å². The molecule has 0 aliphatic heterocycles. The highest BCUT2D eigenvalue weighted by molar-refractivity contribution is 5.79. The van der Waals surface area contributed by atoms with Gasteiger partial charge in [-0.3, -0.25) is 4.68 Å². The van der Waals surface area contributed by atoms with Gasteiger partial charge >= 0.3 is 6.18 Å². The van der Waals surface area contributed by atoms with Gasteiger partial charge in [0.1, 0.15) is 5.82 Å². The van der Waals surface area contributed by atoms with E-state index in [0.717, 1.165) is 0 Å². The normalized spacial score (nSPS) is 12.2. The van der Waals surface area contributed by atoms with Gasteiger partial charge in [0.2, 0.25) is 0 Å². The molecule has 0 unspecified atom stereocenters. The molecule has 16 heavy (non-hydrogen) atoms. The third-order valence-electron chi connectivity index (χ3n) is 2.16. The first-order chi connectivity index (χ1) is 7.46. The summed E-state index contributed by atoms with van der Waals surface area (Å²) in [5, 5.41) is 4.55. The molecule has 86 valence electrons. The van der Waals surface area contributed by atoms with Crippen LogP contribution in [0.4, 0.5) is 19.0 Å². The van der Waals surface area contributed by atoms with Gasteiger partial charge < -0.3 is 5.73 Å². The Kier molecular flexibility index (Phi) is 2.45. The van der Waals surface area contributed by atoms with E-state index in [1.54, 1.807) is 6.07 Å². The van der Waals surface area contributed by atoms with Gasteiger partial charge in [-0.25, -0.2) is 4.98 Å². The largest absolute Gasteiger partial charge is 0.390 e. The number of alkyl halides is 3. The molecule has 0 aromatic carbocycles. The van der Waals surface area contributed by atoms with Gasteiger partial charge in [-0.1, -0.05) is 0 Å². The van der Waals surface area contributed by atoms with Crippen molar-refractivity contribution in [3.8, 4) is 0 Å². The number of aromatic nitrogens is 3. The van der Waals surface area contributed by atoms with Crippen molar-refractivity contribution in [3.05, 3.63) is 18.5 Å². The van der Waals surface area contributed by atoms with E-state index in [-0.39, 0.29) is 6.54 Å². The van der Waals surface area contributed by atoms with Gasteiger partial charge in [-0.05, 0) is 6.07 Å². The Morgan fingerprint density at radius 2 is 2.06 bits per heavy atom. The minimum absolute atomic E-state index is 0.210. The predicted octanol–water partition coefficient (Wildman–Crippen LogP) is 1.97. The molecule has 4 nitrogen and oxygen atoms in total. The fraction of sp³-hybridized carbons (Fsp3) is 0.333. The number of aryl methyl sites for hydroxylation is 1. The number of hydrogen-bond acceptors (Lipinski definition) is 3. The van der Waals surface area contributed by atoms with Crippen LogP contribution in [0.5, 0.6) is 0 Å². The lowest BCUT2D eigenvalue weighted by Crippen LogP contribution is -2.12. The monoisotopic (exact) mass is 230 g/mol. The highest BCUT2D eigenvalue weighted by Gasteiger charge is 2.27. The van der Waals surface area contributed by atoms with Gasteiger partial charge in [0, 0.05) is 5.39 Å². The van der Waals surface area contributed by atoms with Crippen LogP contribution in [0, 0.1) is 0 Å². The Balaban J connectivity index is 2.25. The average Bonchev–Trinajstić information content (AvgIpc) is 2.56. The van der Waals surface area contributed by atoms with Crippen molar-refractivity contribution >= 4 is 16.7 Å². The van der Waals surface area contributed by atoms with Crippen molar-refractivity contribution in [2.75, 3.05) is 5.73 Å². The summed E-state index contributed by atoms with van der Waals surface area (Å²) in [5.74, 6) is 0.322. The average molecular weight is 230 g/mol. The Morgan fingerprint density at radius 1 is 1.31 bits per heavy atom. The first-order valence-corrected chi connectivity index (χ1v) is 4.59. The van der Waals surface area contributed by atoms with E-state index >= 15 is 0 Å². The number of fused-ring (bicyclic) bond motifs is 1. The van der Waals surface area contributed by atoms with E-state index in [1.807, 2.05) is 0 Å². The van der Waals surface area contributed by atoms with E-state index in [1.165, 1.54) is 17.1 Å². The summed E-state index contributed by atoms with van der Waals surface area (Å²) in [6.45, 7) is -0.210. The second kappa shape index (κ2) is 3.66. The lowest BCUT2D eigenvalue weighted by molar-refractivity contribution is -0.137. The molecule has 2 aromatic rings. The number of nitrogens with zero attached hydrogens (tertiary/aromatic N) is 3. The fourth-order valence-corrected chi connectivity index (χ4v) is 1.40.